The molecule has 0 saturated carbocycles. The summed E-state index contributed by atoms with van der Waals surface area (Å²) in [5.41, 5.74) is 11.4. The molecule has 7 aromatic carbocycles. The van der Waals surface area contributed by atoms with Crippen LogP contribution < -0.4 is 0 Å². The second-order valence-corrected chi connectivity index (χ2v) is 13.5. The summed E-state index contributed by atoms with van der Waals surface area (Å²) in [5.74, 6) is 1.84. The van der Waals surface area contributed by atoms with E-state index in [1.54, 1.807) is 0 Å². The number of fused-ring (bicyclic) bond motifs is 4. The normalized spacial score (nSPS) is 12.8. The van der Waals surface area contributed by atoms with Gasteiger partial charge in [0.15, 0.2) is 17.5 Å². The van der Waals surface area contributed by atoms with Crippen LogP contribution in [0.5, 0.6) is 0 Å². The Bertz CT molecular complexity index is 2870. The molecule has 2 aromatic heterocycles. The number of furan rings is 1. The molecule has 0 saturated heterocycles. The van der Waals surface area contributed by atoms with Crippen LogP contribution in [0.15, 0.2) is 180 Å². The predicted molar refractivity (Wildman–Crippen MR) is 218 cm³/mol. The van der Waals surface area contributed by atoms with Gasteiger partial charge in [0.25, 0.3) is 0 Å². The van der Waals surface area contributed by atoms with Gasteiger partial charge in [-0.2, -0.15) is 0 Å². The molecule has 0 N–H and O–H groups in total. The molecule has 0 spiro atoms. The zero-order chi connectivity index (χ0) is 35.1. The molecule has 10 rings (SSSR count). The third kappa shape index (κ3) is 5.71. The number of para-hydroxylation sites is 1. The molecule has 9 aromatic rings. The Balaban J connectivity index is 1.10. The lowest BCUT2D eigenvalue weighted by atomic mass is 9.96. The summed E-state index contributed by atoms with van der Waals surface area (Å²) in [6, 6.07) is 54.9. The van der Waals surface area contributed by atoms with Gasteiger partial charge in [-0.15, -0.1) is 0 Å². The van der Waals surface area contributed by atoms with E-state index in [4.69, 9.17) is 19.4 Å². The first-order valence-corrected chi connectivity index (χ1v) is 18.1. The van der Waals surface area contributed by atoms with Crippen molar-refractivity contribution in [2.45, 2.75) is 12.8 Å². The molecule has 1 aliphatic carbocycles. The minimum absolute atomic E-state index is 0.598. The minimum atomic E-state index is 0.598. The summed E-state index contributed by atoms with van der Waals surface area (Å²) in [7, 11) is 0. The highest BCUT2D eigenvalue weighted by atomic mass is 16.3. The van der Waals surface area contributed by atoms with Gasteiger partial charge in [-0.25, -0.2) is 15.0 Å². The van der Waals surface area contributed by atoms with Crippen molar-refractivity contribution in [3.05, 3.63) is 182 Å². The summed E-state index contributed by atoms with van der Waals surface area (Å²) >= 11 is 0. The number of allylic oxidation sites excluding steroid dienone is 4. The molecule has 0 bridgehead atoms. The molecule has 2 heterocycles. The number of hydrogen-bond donors (Lipinski definition) is 0. The fourth-order valence-electron chi connectivity index (χ4n) is 7.43. The lowest BCUT2D eigenvalue weighted by molar-refractivity contribution is 0.670. The molecule has 53 heavy (non-hydrogen) atoms. The molecule has 250 valence electrons. The predicted octanol–water partition coefficient (Wildman–Crippen LogP) is 13.0. The highest BCUT2D eigenvalue weighted by molar-refractivity contribution is 6.16. The summed E-state index contributed by atoms with van der Waals surface area (Å²) < 4.78 is 6.66. The second-order valence-electron chi connectivity index (χ2n) is 13.5. The van der Waals surface area contributed by atoms with Crippen molar-refractivity contribution in [3.8, 4) is 56.4 Å². The van der Waals surface area contributed by atoms with Gasteiger partial charge < -0.3 is 4.42 Å². The van der Waals surface area contributed by atoms with Crippen LogP contribution in [0, 0.1) is 0 Å². The Morgan fingerprint density at radius 3 is 1.79 bits per heavy atom. The van der Waals surface area contributed by atoms with Crippen molar-refractivity contribution in [1.82, 2.24) is 15.0 Å². The van der Waals surface area contributed by atoms with Gasteiger partial charge >= 0.3 is 0 Å². The van der Waals surface area contributed by atoms with Crippen molar-refractivity contribution in [3.63, 3.8) is 0 Å². The monoisotopic (exact) mass is 679 g/mol. The first-order chi connectivity index (χ1) is 26.2. The zero-order valence-electron chi connectivity index (χ0n) is 28.9. The van der Waals surface area contributed by atoms with Gasteiger partial charge in [-0.1, -0.05) is 152 Å². The van der Waals surface area contributed by atoms with Crippen LogP contribution >= 0.6 is 0 Å². The summed E-state index contributed by atoms with van der Waals surface area (Å²) in [6.07, 6.45) is 9.00. The van der Waals surface area contributed by atoms with Gasteiger partial charge in [0.05, 0.1) is 0 Å². The van der Waals surface area contributed by atoms with E-state index in [1.165, 1.54) is 27.5 Å². The Morgan fingerprint density at radius 1 is 0.434 bits per heavy atom. The van der Waals surface area contributed by atoms with Crippen molar-refractivity contribution < 1.29 is 4.42 Å². The number of benzene rings is 7. The highest BCUT2D eigenvalue weighted by Gasteiger charge is 2.21. The van der Waals surface area contributed by atoms with Crippen LogP contribution in [0.3, 0.4) is 0 Å². The lowest BCUT2D eigenvalue weighted by Gasteiger charge is -2.12. The maximum Gasteiger partial charge on any atom is 0.164 e. The van der Waals surface area contributed by atoms with E-state index >= 15 is 0 Å². The Kier molecular flexibility index (Phi) is 7.58. The fourth-order valence-corrected chi connectivity index (χ4v) is 7.43. The highest BCUT2D eigenvalue weighted by Crippen LogP contribution is 2.42. The van der Waals surface area contributed by atoms with E-state index in [1.807, 2.05) is 42.5 Å². The molecule has 4 nitrogen and oxygen atoms in total. The third-order valence-corrected chi connectivity index (χ3v) is 10.2. The van der Waals surface area contributed by atoms with Crippen molar-refractivity contribution >= 4 is 38.3 Å². The molecule has 0 unspecified atom stereocenters. The maximum atomic E-state index is 6.66. The first-order valence-electron chi connectivity index (χ1n) is 18.1. The van der Waals surface area contributed by atoms with E-state index in [2.05, 4.69) is 133 Å². The summed E-state index contributed by atoms with van der Waals surface area (Å²) in [6.45, 7) is 0. The number of hydrogen-bond acceptors (Lipinski definition) is 4. The number of aromatic nitrogens is 3. The molecule has 4 heteroatoms. The standard InChI is InChI=1S/C49H33N3O/c1-3-11-32(12-4-1)34-19-21-35(22-20-34)36-23-26-38(27-24-36)48-50-47(37-14-5-2-6-15-37)51-49(52-48)43-30-29-41(40-28-25-33-13-7-8-16-39(33)31-40)46-45(43)42-17-9-10-18-44(42)53-46/h2-3,5-31H,1,4H2. The zero-order valence-corrected chi connectivity index (χ0v) is 28.9. The second kappa shape index (κ2) is 13.0. The van der Waals surface area contributed by atoms with Crippen molar-refractivity contribution in [1.29, 1.82) is 0 Å². The molecule has 1 aliphatic rings. The van der Waals surface area contributed by atoms with E-state index < -0.39 is 0 Å². The van der Waals surface area contributed by atoms with Crippen molar-refractivity contribution in [2.24, 2.45) is 0 Å². The minimum Gasteiger partial charge on any atom is -0.455 e. The smallest absolute Gasteiger partial charge is 0.164 e. The SMILES string of the molecule is C1=CC(c2ccc(-c3ccc(-c4nc(-c5ccccc5)nc(-c5ccc(-c6ccc7ccccc7c6)c6oc7ccccc7c56)n4)cc3)cc2)=CCC1. The Morgan fingerprint density at radius 2 is 1.04 bits per heavy atom. The lowest BCUT2D eigenvalue weighted by Crippen LogP contribution is -2.00. The van der Waals surface area contributed by atoms with Crippen LogP contribution in [-0.4, -0.2) is 15.0 Å². The van der Waals surface area contributed by atoms with Crippen LogP contribution in [0.25, 0.3) is 94.7 Å². The molecule has 0 radical (unpaired) electrons. The summed E-state index contributed by atoms with van der Waals surface area (Å²) in [4.78, 5) is 15.3. The third-order valence-electron chi connectivity index (χ3n) is 10.2. The van der Waals surface area contributed by atoms with Crippen LogP contribution in [0.1, 0.15) is 18.4 Å². The average Bonchev–Trinajstić information content (AvgIpc) is 3.64. The molecule has 0 atom stereocenters. The van der Waals surface area contributed by atoms with Gasteiger partial charge in [0, 0.05) is 33.0 Å². The van der Waals surface area contributed by atoms with Gasteiger partial charge in [-0.05, 0) is 75.7 Å². The quantitative estimate of drug-likeness (QED) is 0.175. The van der Waals surface area contributed by atoms with Gasteiger partial charge in [-0.3, -0.25) is 0 Å². The first kappa shape index (κ1) is 30.9. The van der Waals surface area contributed by atoms with Crippen LogP contribution in [0.4, 0.5) is 0 Å². The van der Waals surface area contributed by atoms with E-state index in [0.29, 0.717) is 17.5 Å². The van der Waals surface area contributed by atoms with Gasteiger partial charge in [0.2, 0.25) is 0 Å². The molecular formula is C49H33N3O. The average molecular weight is 680 g/mol. The fraction of sp³-hybridized carbons (Fsp3) is 0.0408. The summed E-state index contributed by atoms with van der Waals surface area (Å²) in [5, 5.41) is 4.40. The Hall–Kier alpha value is -6.91. The Labute approximate surface area is 307 Å². The van der Waals surface area contributed by atoms with E-state index in [9.17, 15) is 0 Å². The molecule has 0 aliphatic heterocycles. The van der Waals surface area contributed by atoms with E-state index in [0.717, 1.165) is 68.2 Å². The molecular weight excluding hydrogens is 647 g/mol. The maximum absolute atomic E-state index is 6.66. The number of nitrogens with zero attached hydrogens (tertiary/aromatic N) is 3. The van der Waals surface area contributed by atoms with Gasteiger partial charge in [0.1, 0.15) is 11.2 Å². The van der Waals surface area contributed by atoms with E-state index in [-0.39, 0.29) is 0 Å². The van der Waals surface area contributed by atoms with Crippen molar-refractivity contribution in [2.75, 3.05) is 0 Å². The largest absolute Gasteiger partial charge is 0.455 e. The molecule has 0 amide bonds. The topological polar surface area (TPSA) is 51.8 Å². The molecule has 0 fully saturated rings. The van der Waals surface area contributed by atoms with Crippen LogP contribution in [0.2, 0.25) is 0 Å². The van der Waals surface area contributed by atoms with Crippen LogP contribution in [-0.2, 0) is 0 Å². The number of rotatable bonds is 6.